The van der Waals surface area contributed by atoms with Gasteiger partial charge in [-0.1, -0.05) is 30.3 Å². The van der Waals surface area contributed by atoms with Crippen molar-refractivity contribution in [2.75, 3.05) is 0 Å². The second kappa shape index (κ2) is 9.65. The fourth-order valence-electron chi connectivity index (χ4n) is 2.05. The zero-order chi connectivity index (χ0) is 19.7. The lowest BCUT2D eigenvalue weighted by Gasteiger charge is -2.26. The van der Waals surface area contributed by atoms with Gasteiger partial charge in [0.1, 0.15) is 12.2 Å². The summed E-state index contributed by atoms with van der Waals surface area (Å²) < 4.78 is 10.2. The molecule has 0 saturated heterocycles. The van der Waals surface area contributed by atoms with Gasteiger partial charge in [0.25, 0.3) is 0 Å². The molecule has 0 saturated carbocycles. The van der Waals surface area contributed by atoms with Gasteiger partial charge in [0, 0.05) is 0 Å². The van der Waals surface area contributed by atoms with Crippen molar-refractivity contribution < 1.29 is 29.0 Å². The summed E-state index contributed by atoms with van der Waals surface area (Å²) in [6.45, 7) is 6.77. The number of carbonyl (C=O) groups is 3. The van der Waals surface area contributed by atoms with E-state index in [0.29, 0.717) is 0 Å². The Morgan fingerprint density at radius 1 is 1.08 bits per heavy atom. The predicted octanol–water partition coefficient (Wildman–Crippen LogP) is 2.67. The number of ether oxygens (including phenoxy) is 2. The maximum atomic E-state index is 12.0. The predicted molar refractivity (Wildman–Crippen MR) is 94.6 cm³/mol. The quantitative estimate of drug-likeness (QED) is 0.683. The largest absolute Gasteiger partial charge is 0.481 e. The number of aliphatic carboxylic acids is 1. The van der Waals surface area contributed by atoms with Crippen LogP contribution in [-0.2, 0) is 20.9 Å². The van der Waals surface area contributed by atoms with Crippen LogP contribution in [0, 0.1) is 0 Å². The molecule has 0 radical (unpaired) electrons. The van der Waals surface area contributed by atoms with E-state index in [-0.39, 0.29) is 13.0 Å². The van der Waals surface area contributed by atoms with Crippen LogP contribution in [-0.4, -0.2) is 40.9 Å². The van der Waals surface area contributed by atoms with Crippen LogP contribution in [0.25, 0.3) is 0 Å². The molecular weight excluding hydrogens is 340 g/mol. The number of hydrogen-bond donors (Lipinski definition) is 3. The summed E-state index contributed by atoms with van der Waals surface area (Å²) in [6.07, 6.45) is -1.84. The molecule has 0 aliphatic heterocycles. The highest BCUT2D eigenvalue weighted by molar-refractivity contribution is 5.72. The van der Waals surface area contributed by atoms with Crippen LogP contribution in [0.2, 0.25) is 0 Å². The number of carboxylic acid groups (broad SMARTS) is 1. The summed E-state index contributed by atoms with van der Waals surface area (Å²) in [5.74, 6) is -1.11. The molecule has 2 amide bonds. The highest BCUT2D eigenvalue weighted by Crippen LogP contribution is 2.08. The monoisotopic (exact) mass is 366 g/mol. The normalized spacial score (nSPS) is 13.2. The van der Waals surface area contributed by atoms with Gasteiger partial charge in [-0.2, -0.15) is 0 Å². The van der Waals surface area contributed by atoms with Crippen LogP contribution in [0.1, 0.15) is 39.7 Å². The average Bonchev–Trinajstić information content (AvgIpc) is 2.51. The van der Waals surface area contributed by atoms with E-state index in [0.717, 1.165) is 5.56 Å². The lowest BCUT2D eigenvalue weighted by Crippen LogP contribution is -2.52. The van der Waals surface area contributed by atoms with E-state index in [4.69, 9.17) is 14.6 Å². The lowest BCUT2D eigenvalue weighted by molar-refractivity contribution is -0.137. The van der Waals surface area contributed by atoms with Crippen molar-refractivity contribution >= 4 is 18.2 Å². The number of amides is 2. The van der Waals surface area contributed by atoms with Crippen molar-refractivity contribution in [2.24, 2.45) is 0 Å². The molecule has 26 heavy (non-hydrogen) atoms. The van der Waals surface area contributed by atoms with E-state index in [1.807, 2.05) is 18.2 Å². The van der Waals surface area contributed by atoms with Crippen molar-refractivity contribution in [1.29, 1.82) is 0 Å². The molecule has 0 fully saturated rings. The average molecular weight is 366 g/mol. The molecule has 0 aliphatic carbocycles. The molecule has 1 rings (SSSR count). The molecule has 0 spiro atoms. The first-order chi connectivity index (χ1) is 12.1. The maximum absolute atomic E-state index is 12.0. The SMILES string of the molecule is C[C@H](NC(=O)OC(C)(C)C)[C@H](CC(=O)O)NC(=O)OCc1ccccc1. The van der Waals surface area contributed by atoms with Gasteiger partial charge in [-0.3, -0.25) is 4.79 Å². The number of carbonyl (C=O) groups excluding carboxylic acids is 2. The smallest absolute Gasteiger partial charge is 0.407 e. The lowest BCUT2D eigenvalue weighted by atomic mass is 10.1. The molecule has 0 aromatic heterocycles. The number of hydrogen-bond acceptors (Lipinski definition) is 5. The molecule has 8 heteroatoms. The standard InChI is InChI=1S/C18H26N2O6/c1-12(19-17(24)26-18(2,3)4)14(10-15(21)22)20-16(23)25-11-13-8-6-5-7-9-13/h5-9,12,14H,10-11H2,1-4H3,(H,19,24)(H,20,23)(H,21,22)/t12-,14-/m0/s1. The summed E-state index contributed by atoms with van der Waals surface area (Å²) in [7, 11) is 0. The first-order valence-electron chi connectivity index (χ1n) is 8.25. The highest BCUT2D eigenvalue weighted by atomic mass is 16.6. The highest BCUT2D eigenvalue weighted by Gasteiger charge is 2.26. The molecule has 0 heterocycles. The Hall–Kier alpha value is -2.77. The Morgan fingerprint density at radius 3 is 2.23 bits per heavy atom. The fraction of sp³-hybridized carbons (Fsp3) is 0.500. The third-order valence-corrected chi connectivity index (χ3v) is 3.26. The minimum absolute atomic E-state index is 0.0559. The van der Waals surface area contributed by atoms with Gasteiger partial charge in [0.05, 0.1) is 18.5 Å². The Balaban J connectivity index is 2.60. The van der Waals surface area contributed by atoms with E-state index < -0.39 is 35.8 Å². The minimum Gasteiger partial charge on any atom is -0.481 e. The van der Waals surface area contributed by atoms with Crippen LogP contribution in [0.5, 0.6) is 0 Å². The van der Waals surface area contributed by atoms with Crippen molar-refractivity contribution in [3.63, 3.8) is 0 Å². The molecular formula is C18H26N2O6. The summed E-state index contributed by atoms with van der Waals surface area (Å²) in [5.41, 5.74) is 0.117. The van der Waals surface area contributed by atoms with E-state index in [9.17, 15) is 14.4 Å². The van der Waals surface area contributed by atoms with Crippen LogP contribution < -0.4 is 10.6 Å². The minimum atomic E-state index is -1.11. The summed E-state index contributed by atoms with van der Waals surface area (Å²) in [5, 5.41) is 14.0. The van der Waals surface area contributed by atoms with Gasteiger partial charge in [0.15, 0.2) is 0 Å². The van der Waals surface area contributed by atoms with Crippen LogP contribution >= 0.6 is 0 Å². The van der Waals surface area contributed by atoms with Gasteiger partial charge in [0.2, 0.25) is 0 Å². The molecule has 0 bridgehead atoms. The molecule has 3 N–H and O–H groups in total. The van der Waals surface area contributed by atoms with Gasteiger partial charge >= 0.3 is 18.2 Å². The molecule has 0 aliphatic rings. The number of rotatable bonds is 7. The van der Waals surface area contributed by atoms with Gasteiger partial charge in [-0.05, 0) is 33.3 Å². The molecule has 0 unspecified atom stereocenters. The number of benzene rings is 1. The third-order valence-electron chi connectivity index (χ3n) is 3.26. The second-order valence-electron chi connectivity index (χ2n) is 6.85. The van der Waals surface area contributed by atoms with Gasteiger partial charge < -0.3 is 25.2 Å². The Bertz CT molecular complexity index is 612. The number of alkyl carbamates (subject to hydrolysis) is 2. The van der Waals surface area contributed by atoms with E-state index >= 15 is 0 Å². The Labute approximate surface area is 152 Å². The van der Waals surface area contributed by atoms with E-state index in [1.165, 1.54) is 0 Å². The number of carboxylic acids is 1. The Kier molecular flexibility index (Phi) is 7.89. The topological polar surface area (TPSA) is 114 Å². The molecule has 144 valence electrons. The summed E-state index contributed by atoms with van der Waals surface area (Å²) >= 11 is 0. The molecule has 1 aromatic carbocycles. The molecule has 1 aromatic rings. The van der Waals surface area contributed by atoms with E-state index in [2.05, 4.69) is 10.6 Å². The first-order valence-corrected chi connectivity index (χ1v) is 8.25. The van der Waals surface area contributed by atoms with Crippen molar-refractivity contribution in [1.82, 2.24) is 10.6 Å². The fourth-order valence-corrected chi connectivity index (χ4v) is 2.05. The van der Waals surface area contributed by atoms with Crippen LogP contribution in [0.4, 0.5) is 9.59 Å². The van der Waals surface area contributed by atoms with E-state index in [1.54, 1.807) is 39.8 Å². The third kappa shape index (κ3) is 8.91. The Morgan fingerprint density at radius 2 is 1.69 bits per heavy atom. The van der Waals surface area contributed by atoms with Gasteiger partial charge in [-0.25, -0.2) is 9.59 Å². The van der Waals surface area contributed by atoms with Crippen molar-refractivity contribution in [2.45, 2.75) is 58.4 Å². The zero-order valence-electron chi connectivity index (χ0n) is 15.4. The number of nitrogens with one attached hydrogen (secondary N) is 2. The van der Waals surface area contributed by atoms with Crippen molar-refractivity contribution in [3.05, 3.63) is 35.9 Å². The zero-order valence-corrected chi connectivity index (χ0v) is 15.4. The molecule has 8 nitrogen and oxygen atoms in total. The maximum Gasteiger partial charge on any atom is 0.407 e. The first kappa shape index (κ1) is 21.3. The molecule has 2 atom stereocenters. The van der Waals surface area contributed by atoms with Crippen molar-refractivity contribution in [3.8, 4) is 0 Å². The van der Waals surface area contributed by atoms with Gasteiger partial charge in [-0.15, -0.1) is 0 Å². The second-order valence-corrected chi connectivity index (χ2v) is 6.85. The summed E-state index contributed by atoms with van der Waals surface area (Å²) in [4.78, 5) is 34.8. The van der Waals surface area contributed by atoms with Crippen LogP contribution in [0.15, 0.2) is 30.3 Å². The summed E-state index contributed by atoms with van der Waals surface area (Å²) in [6, 6.07) is 7.54. The van der Waals surface area contributed by atoms with Crippen LogP contribution in [0.3, 0.4) is 0 Å².